The van der Waals surface area contributed by atoms with Crippen LogP contribution in [0.3, 0.4) is 0 Å². The van der Waals surface area contributed by atoms with Crippen molar-refractivity contribution in [3.05, 3.63) is 0 Å². The van der Waals surface area contributed by atoms with Crippen molar-refractivity contribution in [1.82, 2.24) is 0 Å². The zero-order valence-corrected chi connectivity index (χ0v) is 22.6. The zero-order chi connectivity index (χ0) is 24.4. The molecule has 0 aromatic heterocycles. The number of unbranched alkanes of at least 4 members (excludes halogenated alkanes) is 11. The van der Waals surface area contributed by atoms with Crippen molar-refractivity contribution in [2.24, 2.45) is 29.6 Å². The minimum absolute atomic E-state index is 0.0289. The maximum atomic E-state index is 11.1. The first-order chi connectivity index (χ1) is 15.2. The van der Waals surface area contributed by atoms with Crippen LogP contribution in [0.5, 0.6) is 0 Å². The van der Waals surface area contributed by atoms with Crippen molar-refractivity contribution in [2.75, 3.05) is 0 Å². The summed E-state index contributed by atoms with van der Waals surface area (Å²) in [7, 11) is 0. The molecule has 0 radical (unpaired) electrons. The van der Waals surface area contributed by atoms with Crippen molar-refractivity contribution in [3.8, 4) is 0 Å². The van der Waals surface area contributed by atoms with Crippen molar-refractivity contribution >= 4 is 5.97 Å². The number of aliphatic hydroxyl groups is 1. The van der Waals surface area contributed by atoms with Crippen LogP contribution in [-0.2, 0) is 4.79 Å². The van der Waals surface area contributed by atoms with Gasteiger partial charge in [0.2, 0.25) is 0 Å². The van der Waals surface area contributed by atoms with Crippen molar-refractivity contribution in [1.29, 1.82) is 0 Å². The number of carboxylic acid groups (broad SMARTS) is 1. The Bertz CT molecular complexity index is 432. The summed E-state index contributed by atoms with van der Waals surface area (Å²) in [6.07, 6.45) is 20.4. The van der Waals surface area contributed by atoms with Gasteiger partial charge in [-0.1, -0.05) is 125 Å². The highest BCUT2D eigenvalue weighted by atomic mass is 16.4. The summed E-state index contributed by atoms with van der Waals surface area (Å²) in [6, 6.07) is 0. The van der Waals surface area contributed by atoms with Gasteiger partial charge < -0.3 is 10.2 Å². The lowest BCUT2D eigenvalue weighted by Crippen LogP contribution is -2.31. The molecule has 1 rings (SSSR count). The van der Waals surface area contributed by atoms with Gasteiger partial charge in [-0.15, -0.1) is 0 Å². The molecule has 0 amide bonds. The monoisotopic (exact) mass is 454 g/mol. The predicted molar refractivity (Wildman–Crippen MR) is 139 cm³/mol. The molecule has 0 aromatic rings. The van der Waals surface area contributed by atoms with Gasteiger partial charge in [0.05, 0.1) is 12.0 Å². The van der Waals surface area contributed by atoms with Crippen LogP contribution >= 0.6 is 0 Å². The van der Waals surface area contributed by atoms with Gasteiger partial charge in [0.25, 0.3) is 0 Å². The molecule has 1 saturated carbocycles. The summed E-state index contributed by atoms with van der Waals surface area (Å²) in [4.78, 5) is 11.1. The minimum Gasteiger partial charge on any atom is -0.481 e. The zero-order valence-electron chi connectivity index (χ0n) is 22.6. The molecule has 0 spiro atoms. The minimum atomic E-state index is -0.618. The number of hydrogen-bond donors (Lipinski definition) is 2. The maximum Gasteiger partial charge on any atom is 0.306 e. The van der Waals surface area contributed by atoms with E-state index in [1.165, 1.54) is 83.5 Å². The van der Waals surface area contributed by atoms with E-state index in [0.717, 1.165) is 25.2 Å². The van der Waals surface area contributed by atoms with Gasteiger partial charge in [0.15, 0.2) is 0 Å². The van der Waals surface area contributed by atoms with E-state index in [4.69, 9.17) is 5.11 Å². The smallest absolute Gasteiger partial charge is 0.306 e. The molecular formula is C29H58O3. The predicted octanol–water partition coefficient (Wildman–Crippen LogP) is 8.87. The number of aliphatic carboxylic acids is 1. The van der Waals surface area contributed by atoms with E-state index >= 15 is 0 Å². The average molecular weight is 455 g/mol. The van der Waals surface area contributed by atoms with E-state index in [1.54, 1.807) is 0 Å². The van der Waals surface area contributed by atoms with Crippen LogP contribution in [0, 0.1) is 29.6 Å². The summed E-state index contributed by atoms with van der Waals surface area (Å²) < 4.78 is 0. The van der Waals surface area contributed by atoms with Crippen LogP contribution in [0.2, 0.25) is 0 Å². The first kappa shape index (κ1) is 31.4. The molecule has 32 heavy (non-hydrogen) atoms. The van der Waals surface area contributed by atoms with Gasteiger partial charge in [-0.3, -0.25) is 4.79 Å². The molecule has 0 bridgehead atoms. The van der Waals surface area contributed by atoms with E-state index in [-0.39, 0.29) is 17.9 Å². The molecule has 1 aliphatic carbocycles. The summed E-state index contributed by atoms with van der Waals surface area (Å²) in [5, 5.41) is 18.8. The van der Waals surface area contributed by atoms with Gasteiger partial charge in [0.1, 0.15) is 0 Å². The Morgan fingerprint density at radius 3 is 1.66 bits per heavy atom. The van der Waals surface area contributed by atoms with Crippen molar-refractivity contribution in [3.63, 3.8) is 0 Å². The molecular weight excluding hydrogens is 396 g/mol. The number of rotatable bonds is 16. The Morgan fingerprint density at radius 2 is 1.28 bits per heavy atom. The molecule has 0 heterocycles. The normalized spacial score (nSPS) is 22.0. The fourth-order valence-corrected chi connectivity index (χ4v) is 5.10. The van der Waals surface area contributed by atoms with E-state index in [9.17, 15) is 9.90 Å². The molecule has 192 valence electrons. The Kier molecular flexibility index (Phi) is 19.5. The Morgan fingerprint density at radius 1 is 0.812 bits per heavy atom. The third kappa shape index (κ3) is 16.1. The fraction of sp³-hybridized carbons (Fsp3) is 0.966. The Balaban J connectivity index is 0.000000726. The second-order valence-corrected chi connectivity index (χ2v) is 11.3. The quantitative estimate of drug-likeness (QED) is 0.229. The molecule has 0 saturated heterocycles. The van der Waals surface area contributed by atoms with Gasteiger partial charge in [-0.05, 0) is 42.9 Å². The topological polar surface area (TPSA) is 57.5 Å². The lowest BCUT2D eigenvalue weighted by atomic mass is 9.75. The molecule has 3 nitrogen and oxygen atoms in total. The molecule has 1 fully saturated rings. The standard InChI is InChI=1S/C19H38O2.C10H20O/c1-4-5-6-7-8-9-10-11-12-13-14-15-16-18(17(2)3)19(20)21;1-7(2)9-5-4-8(3)6-10(9)11/h17-18H,4-16H2,1-3H3,(H,20,21);7-11H,4-6H2,1-3H3. The third-order valence-corrected chi connectivity index (χ3v) is 7.48. The molecule has 4 atom stereocenters. The highest BCUT2D eigenvalue weighted by Gasteiger charge is 2.28. The van der Waals surface area contributed by atoms with Crippen LogP contribution in [0.1, 0.15) is 144 Å². The second-order valence-electron chi connectivity index (χ2n) is 11.3. The molecule has 1 aliphatic rings. The van der Waals surface area contributed by atoms with Gasteiger partial charge in [-0.25, -0.2) is 0 Å². The van der Waals surface area contributed by atoms with Crippen LogP contribution < -0.4 is 0 Å². The Labute approximate surface area is 201 Å². The van der Waals surface area contributed by atoms with E-state index in [0.29, 0.717) is 11.8 Å². The maximum absolute atomic E-state index is 11.1. The van der Waals surface area contributed by atoms with E-state index in [1.807, 2.05) is 13.8 Å². The Hall–Kier alpha value is -0.570. The van der Waals surface area contributed by atoms with E-state index in [2.05, 4.69) is 27.7 Å². The van der Waals surface area contributed by atoms with Gasteiger partial charge in [-0.2, -0.15) is 0 Å². The van der Waals surface area contributed by atoms with Crippen LogP contribution in [0.4, 0.5) is 0 Å². The molecule has 2 N–H and O–H groups in total. The molecule has 0 aromatic carbocycles. The SMILES string of the molecule is CC1CCC(C(C)C)C(O)C1.CCCCCCCCCCCCCCC(C(=O)O)C(C)C. The number of hydrogen-bond acceptors (Lipinski definition) is 2. The van der Waals surface area contributed by atoms with Crippen LogP contribution in [0.15, 0.2) is 0 Å². The summed E-state index contributed by atoms with van der Waals surface area (Å²) in [6.45, 7) is 13.0. The second kappa shape index (κ2) is 19.9. The van der Waals surface area contributed by atoms with Gasteiger partial charge >= 0.3 is 5.97 Å². The fourth-order valence-electron chi connectivity index (χ4n) is 5.10. The van der Waals surface area contributed by atoms with Crippen LogP contribution in [-0.4, -0.2) is 22.3 Å². The lowest BCUT2D eigenvalue weighted by molar-refractivity contribution is -0.143. The molecule has 0 aliphatic heterocycles. The highest BCUT2D eigenvalue weighted by Crippen LogP contribution is 2.33. The molecule has 4 unspecified atom stereocenters. The summed E-state index contributed by atoms with van der Waals surface area (Å²) in [5.41, 5.74) is 0. The van der Waals surface area contributed by atoms with Crippen molar-refractivity contribution < 1.29 is 15.0 Å². The largest absolute Gasteiger partial charge is 0.481 e. The third-order valence-electron chi connectivity index (χ3n) is 7.48. The first-order valence-electron chi connectivity index (χ1n) is 14.1. The average Bonchev–Trinajstić information content (AvgIpc) is 2.71. The first-order valence-corrected chi connectivity index (χ1v) is 14.1. The number of carbonyl (C=O) groups is 1. The van der Waals surface area contributed by atoms with Crippen LogP contribution in [0.25, 0.3) is 0 Å². The van der Waals surface area contributed by atoms with Gasteiger partial charge in [0, 0.05) is 0 Å². The number of aliphatic hydroxyl groups excluding tert-OH is 1. The van der Waals surface area contributed by atoms with Crippen molar-refractivity contribution in [2.45, 2.75) is 150 Å². The molecule has 3 heteroatoms. The summed E-state index contributed by atoms with van der Waals surface area (Å²) >= 11 is 0. The summed E-state index contributed by atoms with van der Waals surface area (Å²) in [5.74, 6) is 1.44. The highest BCUT2D eigenvalue weighted by molar-refractivity contribution is 5.70. The lowest BCUT2D eigenvalue weighted by Gasteiger charge is -2.33. The number of carboxylic acids is 1. The van der Waals surface area contributed by atoms with E-state index < -0.39 is 5.97 Å².